The predicted molar refractivity (Wildman–Crippen MR) is 118 cm³/mol. The number of β-amino-alcohol motifs (C(OH)–C–C–N with tert-alkyl or cyclic N) is 1. The molecule has 1 saturated heterocycles. The first kappa shape index (κ1) is 22.6. The zero-order valence-corrected chi connectivity index (χ0v) is 18.0. The Kier molecular flexibility index (Phi) is 9.00. The minimum absolute atomic E-state index is 0.237. The number of rotatable bonds is 11. The van der Waals surface area contributed by atoms with Crippen LogP contribution in [0.5, 0.6) is 11.5 Å². The third-order valence-corrected chi connectivity index (χ3v) is 5.56. The van der Waals surface area contributed by atoms with E-state index < -0.39 is 6.10 Å². The highest BCUT2D eigenvalue weighted by atomic mass is 35.5. The fourth-order valence-electron chi connectivity index (χ4n) is 3.80. The molecule has 1 aliphatic rings. The maximum atomic E-state index is 10.6. The van der Waals surface area contributed by atoms with E-state index in [-0.39, 0.29) is 6.61 Å². The number of hydrogen-bond donors (Lipinski definition) is 1. The number of carbonyl (C=O) groups is 1. The Bertz CT molecular complexity index is 783. The van der Waals surface area contributed by atoms with Crippen molar-refractivity contribution >= 4 is 17.9 Å². The molecule has 1 fully saturated rings. The smallest absolute Gasteiger partial charge is 0.122 e. The maximum absolute atomic E-state index is 10.6. The summed E-state index contributed by atoms with van der Waals surface area (Å²) in [5, 5.41) is 11.2. The highest BCUT2D eigenvalue weighted by molar-refractivity contribution is 6.30. The summed E-state index contributed by atoms with van der Waals surface area (Å²) < 4.78 is 11.8. The van der Waals surface area contributed by atoms with E-state index in [1.54, 1.807) is 0 Å². The van der Waals surface area contributed by atoms with Crippen LogP contribution in [0.1, 0.15) is 24.8 Å². The monoisotopic (exact) mass is 431 g/mol. The number of aldehydes is 1. The first-order chi connectivity index (χ1) is 14.6. The first-order valence-electron chi connectivity index (χ1n) is 10.6. The Morgan fingerprint density at radius 1 is 1.17 bits per heavy atom. The molecule has 1 aliphatic heterocycles. The van der Waals surface area contributed by atoms with Crippen LogP contribution in [0.25, 0.3) is 0 Å². The van der Waals surface area contributed by atoms with E-state index in [0.29, 0.717) is 36.9 Å². The summed E-state index contributed by atoms with van der Waals surface area (Å²) in [6, 6.07) is 15.1. The third-order valence-electron chi connectivity index (χ3n) is 5.31. The summed E-state index contributed by atoms with van der Waals surface area (Å²) in [6.07, 6.45) is 3.68. The number of nitrogens with zero attached hydrogens (tertiary/aromatic N) is 1. The van der Waals surface area contributed by atoms with Gasteiger partial charge in [-0.1, -0.05) is 29.8 Å². The van der Waals surface area contributed by atoms with Crippen molar-refractivity contribution in [3.05, 3.63) is 59.1 Å². The molecule has 0 bridgehead atoms. The molecule has 0 amide bonds. The fourth-order valence-corrected chi connectivity index (χ4v) is 3.93. The second-order valence-electron chi connectivity index (χ2n) is 7.81. The van der Waals surface area contributed by atoms with Gasteiger partial charge in [0.05, 0.1) is 6.61 Å². The number of piperidine rings is 1. The van der Waals surface area contributed by atoms with Gasteiger partial charge < -0.3 is 24.3 Å². The van der Waals surface area contributed by atoms with Crippen LogP contribution in [0.4, 0.5) is 0 Å². The van der Waals surface area contributed by atoms with E-state index >= 15 is 0 Å². The Hall–Kier alpha value is -2.08. The minimum atomic E-state index is -0.569. The Morgan fingerprint density at radius 3 is 2.77 bits per heavy atom. The third kappa shape index (κ3) is 7.31. The van der Waals surface area contributed by atoms with Crippen molar-refractivity contribution in [3.63, 3.8) is 0 Å². The molecule has 2 aromatic rings. The molecule has 5 nitrogen and oxygen atoms in total. The van der Waals surface area contributed by atoms with Gasteiger partial charge >= 0.3 is 0 Å². The highest BCUT2D eigenvalue weighted by Gasteiger charge is 2.22. The lowest BCUT2D eigenvalue weighted by molar-refractivity contribution is -0.107. The van der Waals surface area contributed by atoms with Crippen LogP contribution in [0, 0.1) is 5.92 Å². The molecule has 1 N–H and O–H groups in total. The van der Waals surface area contributed by atoms with Gasteiger partial charge in [-0.3, -0.25) is 0 Å². The molecule has 30 heavy (non-hydrogen) atoms. The number of aryl methyl sites for hydroxylation is 1. The van der Waals surface area contributed by atoms with Crippen LogP contribution in [0.2, 0.25) is 5.02 Å². The van der Waals surface area contributed by atoms with E-state index in [0.717, 1.165) is 49.3 Å². The number of carbonyl (C=O) groups excluding carboxylic acids is 1. The topological polar surface area (TPSA) is 59.0 Å². The number of aliphatic hydroxyl groups excluding tert-OH is 1. The van der Waals surface area contributed by atoms with Crippen molar-refractivity contribution in [3.8, 4) is 11.5 Å². The van der Waals surface area contributed by atoms with Crippen LogP contribution in [0.3, 0.4) is 0 Å². The molecule has 0 aromatic heterocycles. The summed E-state index contributed by atoms with van der Waals surface area (Å²) in [4.78, 5) is 12.9. The Balaban J connectivity index is 1.42. The van der Waals surface area contributed by atoms with E-state index in [1.807, 2.05) is 48.5 Å². The standard InChI is InChI=1S/C24H30ClNO4/c25-21-9-11-23(12-10-21)29-17-19-5-3-13-26(15-19)16-22(28)18-30-24-8-2-1-6-20(24)7-4-14-27/h1-2,6,8-12,14,19,22,28H,3-5,7,13,15-18H2. The fraction of sp³-hybridized carbons (Fsp3) is 0.458. The second kappa shape index (κ2) is 11.9. The lowest BCUT2D eigenvalue weighted by Gasteiger charge is -2.33. The van der Waals surface area contributed by atoms with Crippen molar-refractivity contribution in [2.45, 2.75) is 31.8 Å². The highest BCUT2D eigenvalue weighted by Crippen LogP contribution is 2.22. The number of likely N-dealkylation sites (tertiary alicyclic amines) is 1. The van der Waals surface area contributed by atoms with E-state index in [9.17, 15) is 9.90 Å². The van der Waals surface area contributed by atoms with Gasteiger partial charge in [-0.25, -0.2) is 0 Å². The molecule has 2 aromatic carbocycles. The quantitative estimate of drug-likeness (QED) is 0.545. The number of aliphatic hydroxyl groups is 1. The summed E-state index contributed by atoms with van der Waals surface area (Å²) in [6.45, 7) is 3.36. The zero-order valence-electron chi connectivity index (χ0n) is 17.2. The SMILES string of the molecule is O=CCCc1ccccc1OCC(O)CN1CCCC(COc2ccc(Cl)cc2)C1. The molecule has 6 heteroatoms. The van der Waals surface area contributed by atoms with Crippen molar-refractivity contribution in [2.75, 3.05) is 32.8 Å². The summed E-state index contributed by atoms with van der Waals surface area (Å²) in [5.41, 5.74) is 0.995. The molecule has 162 valence electrons. The molecule has 2 unspecified atom stereocenters. The average molecular weight is 432 g/mol. The normalized spacial score (nSPS) is 18.0. The van der Waals surface area contributed by atoms with Gasteiger partial charge in [0.15, 0.2) is 0 Å². The van der Waals surface area contributed by atoms with Crippen molar-refractivity contribution in [1.29, 1.82) is 0 Å². The maximum Gasteiger partial charge on any atom is 0.122 e. The van der Waals surface area contributed by atoms with Gasteiger partial charge in [0.1, 0.15) is 30.5 Å². The number of benzene rings is 2. The van der Waals surface area contributed by atoms with Crippen LogP contribution in [-0.2, 0) is 11.2 Å². The molecule has 0 aliphatic carbocycles. The van der Waals surface area contributed by atoms with Gasteiger partial charge in [0.25, 0.3) is 0 Å². The van der Waals surface area contributed by atoms with E-state index in [4.69, 9.17) is 21.1 Å². The number of halogens is 1. The number of para-hydroxylation sites is 1. The molecule has 0 radical (unpaired) electrons. The van der Waals surface area contributed by atoms with Crippen LogP contribution < -0.4 is 9.47 Å². The van der Waals surface area contributed by atoms with Crippen LogP contribution >= 0.6 is 11.6 Å². The summed E-state index contributed by atoms with van der Waals surface area (Å²) >= 11 is 5.91. The molecule has 3 rings (SSSR count). The second-order valence-corrected chi connectivity index (χ2v) is 8.25. The summed E-state index contributed by atoms with van der Waals surface area (Å²) in [5.74, 6) is 2.01. The molecule has 0 spiro atoms. The molecule has 1 heterocycles. The van der Waals surface area contributed by atoms with Crippen molar-refractivity contribution in [2.24, 2.45) is 5.92 Å². The summed E-state index contributed by atoms with van der Waals surface area (Å²) in [7, 11) is 0. The van der Waals surface area contributed by atoms with Gasteiger partial charge in [0.2, 0.25) is 0 Å². The number of hydrogen-bond acceptors (Lipinski definition) is 5. The minimum Gasteiger partial charge on any atom is -0.493 e. The zero-order chi connectivity index (χ0) is 21.2. The van der Waals surface area contributed by atoms with Gasteiger partial charge in [-0.15, -0.1) is 0 Å². The largest absolute Gasteiger partial charge is 0.493 e. The predicted octanol–water partition coefficient (Wildman–Crippen LogP) is 4.00. The lowest BCUT2D eigenvalue weighted by Crippen LogP contribution is -2.43. The van der Waals surface area contributed by atoms with Gasteiger partial charge in [0, 0.05) is 30.5 Å². The molecular weight excluding hydrogens is 402 g/mol. The lowest BCUT2D eigenvalue weighted by atomic mass is 9.98. The molecular formula is C24H30ClNO4. The van der Waals surface area contributed by atoms with Gasteiger partial charge in [-0.05, 0) is 61.7 Å². The van der Waals surface area contributed by atoms with Crippen LogP contribution in [0.15, 0.2) is 48.5 Å². The van der Waals surface area contributed by atoms with Crippen molar-refractivity contribution in [1.82, 2.24) is 4.90 Å². The van der Waals surface area contributed by atoms with Crippen molar-refractivity contribution < 1.29 is 19.4 Å². The van der Waals surface area contributed by atoms with E-state index in [2.05, 4.69) is 4.90 Å². The molecule has 0 saturated carbocycles. The number of ether oxygens (including phenoxy) is 2. The first-order valence-corrected chi connectivity index (χ1v) is 10.9. The van der Waals surface area contributed by atoms with Crippen LogP contribution in [-0.4, -0.2) is 55.2 Å². The Morgan fingerprint density at radius 2 is 1.97 bits per heavy atom. The van der Waals surface area contributed by atoms with E-state index in [1.165, 1.54) is 0 Å². The average Bonchev–Trinajstić information content (AvgIpc) is 2.77. The molecule has 2 atom stereocenters. The Labute approximate surface area is 183 Å². The van der Waals surface area contributed by atoms with Gasteiger partial charge in [-0.2, -0.15) is 0 Å².